The number of fused-ring (bicyclic) bond motifs is 1. The molecule has 0 aliphatic rings. The van der Waals surface area contributed by atoms with Crippen LogP contribution in [0.4, 0.5) is 5.69 Å². The van der Waals surface area contributed by atoms with E-state index < -0.39 is 12.1 Å². The molecule has 0 fully saturated rings. The Bertz CT molecular complexity index is 904. The van der Waals surface area contributed by atoms with Crippen molar-refractivity contribution in [2.24, 2.45) is 0 Å². The summed E-state index contributed by atoms with van der Waals surface area (Å²) in [6, 6.07) is 12.6. The molecule has 0 saturated heterocycles. The smallest absolute Gasteiger partial charge is 0.338 e. The average molecular weight is 340 g/mol. The standard InChI is InChI=1S/C18H16N2O3S/c1-11-5-3-4-6-14(11)20-17(21)12(2)23-18(22)13-7-8-15-16(9-13)24-10-19-15/h3-10,12H,1-2H3,(H,20,21)/t12-/m1/s1. The molecule has 3 rings (SSSR count). The number of benzene rings is 2. The van der Waals surface area contributed by atoms with Crippen molar-refractivity contribution >= 4 is 39.1 Å². The second kappa shape index (κ2) is 6.80. The summed E-state index contributed by atoms with van der Waals surface area (Å²) in [6.45, 7) is 3.45. The quantitative estimate of drug-likeness (QED) is 0.734. The van der Waals surface area contributed by atoms with Gasteiger partial charge in [-0.05, 0) is 43.7 Å². The highest BCUT2D eigenvalue weighted by Crippen LogP contribution is 2.20. The number of rotatable bonds is 4. The third-order valence-electron chi connectivity index (χ3n) is 3.62. The second-order valence-electron chi connectivity index (χ2n) is 5.39. The number of amides is 1. The summed E-state index contributed by atoms with van der Waals surface area (Å²) < 4.78 is 6.17. The van der Waals surface area contributed by atoms with Gasteiger partial charge >= 0.3 is 5.97 Å². The number of ether oxygens (including phenoxy) is 1. The normalized spacial score (nSPS) is 11.9. The number of nitrogens with one attached hydrogen (secondary N) is 1. The molecular weight excluding hydrogens is 324 g/mol. The van der Waals surface area contributed by atoms with Crippen molar-refractivity contribution in [3.63, 3.8) is 0 Å². The topological polar surface area (TPSA) is 68.3 Å². The number of nitrogens with zero attached hydrogens (tertiary/aromatic N) is 1. The zero-order valence-electron chi connectivity index (χ0n) is 13.3. The fourth-order valence-corrected chi connectivity index (χ4v) is 2.93. The number of para-hydroxylation sites is 1. The number of hydrogen-bond acceptors (Lipinski definition) is 5. The third-order valence-corrected chi connectivity index (χ3v) is 4.41. The Morgan fingerprint density at radius 1 is 1.21 bits per heavy atom. The van der Waals surface area contributed by atoms with E-state index in [2.05, 4.69) is 10.3 Å². The SMILES string of the molecule is Cc1ccccc1NC(=O)[C@@H](C)OC(=O)c1ccc2ncsc2c1. The predicted molar refractivity (Wildman–Crippen MR) is 94.3 cm³/mol. The molecule has 6 heteroatoms. The molecular formula is C18H16N2O3S. The van der Waals surface area contributed by atoms with E-state index in [1.54, 1.807) is 36.7 Å². The van der Waals surface area contributed by atoms with Crippen molar-refractivity contribution < 1.29 is 14.3 Å². The minimum absolute atomic E-state index is 0.364. The first-order valence-corrected chi connectivity index (χ1v) is 8.33. The van der Waals surface area contributed by atoms with Gasteiger partial charge in [-0.15, -0.1) is 11.3 Å². The third kappa shape index (κ3) is 3.44. The lowest BCUT2D eigenvalue weighted by atomic mass is 10.2. The molecule has 0 saturated carbocycles. The van der Waals surface area contributed by atoms with Crippen LogP contribution < -0.4 is 5.32 Å². The molecule has 1 atom stereocenters. The molecule has 0 unspecified atom stereocenters. The van der Waals surface area contributed by atoms with E-state index in [9.17, 15) is 9.59 Å². The van der Waals surface area contributed by atoms with Crippen LogP contribution in [-0.2, 0) is 9.53 Å². The summed E-state index contributed by atoms with van der Waals surface area (Å²) in [7, 11) is 0. The van der Waals surface area contributed by atoms with E-state index in [0.717, 1.165) is 15.8 Å². The Morgan fingerprint density at radius 2 is 2.00 bits per heavy atom. The maximum atomic E-state index is 12.2. The lowest BCUT2D eigenvalue weighted by Crippen LogP contribution is -2.30. The highest BCUT2D eigenvalue weighted by atomic mass is 32.1. The first-order chi connectivity index (χ1) is 11.5. The lowest BCUT2D eigenvalue weighted by Gasteiger charge is -2.14. The van der Waals surface area contributed by atoms with Crippen molar-refractivity contribution in [1.82, 2.24) is 4.98 Å². The number of aryl methyl sites for hydroxylation is 1. The van der Waals surface area contributed by atoms with E-state index >= 15 is 0 Å². The van der Waals surface area contributed by atoms with Crippen LogP contribution >= 0.6 is 11.3 Å². The Balaban J connectivity index is 1.67. The average Bonchev–Trinajstić information content (AvgIpc) is 3.04. The molecule has 24 heavy (non-hydrogen) atoms. The molecule has 122 valence electrons. The highest BCUT2D eigenvalue weighted by molar-refractivity contribution is 7.16. The first kappa shape index (κ1) is 16.1. The summed E-state index contributed by atoms with van der Waals surface area (Å²) in [5, 5.41) is 2.77. The van der Waals surface area contributed by atoms with Crippen molar-refractivity contribution in [2.45, 2.75) is 20.0 Å². The maximum Gasteiger partial charge on any atom is 0.338 e. The van der Waals surface area contributed by atoms with Crippen LogP contribution in [0.3, 0.4) is 0 Å². The minimum Gasteiger partial charge on any atom is -0.449 e. The Kier molecular flexibility index (Phi) is 4.57. The fraction of sp³-hybridized carbons (Fsp3) is 0.167. The number of esters is 1. The molecule has 0 radical (unpaired) electrons. The van der Waals surface area contributed by atoms with Crippen LogP contribution in [0, 0.1) is 6.92 Å². The van der Waals surface area contributed by atoms with Crippen LogP contribution in [0.2, 0.25) is 0 Å². The predicted octanol–water partition coefficient (Wildman–Crippen LogP) is 3.79. The first-order valence-electron chi connectivity index (χ1n) is 7.45. The van der Waals surface area contributed by atoms with Gasteiger partial charge in [-0.1, -0.05) is 18.2 Å². The van der Waals surface area contributed by atoms with Crippen molar-refractivity contribution in [3.8, 4) is 0 Å². The summed E-state index contributed by atoms with van der Waals surface area (Å²) in [5.74, 6) is -0.894. The molecule has 0 aliphatic heterocycles. The van der Waals surface area contributed by atoms with Crippen LogP contribution in [0.25, 0.3) is 10.2 Å². The van der Waals surface area contributed by atoms with Gasteiger partial charge in [0.25, 0.3) is 5.91 Å². The molecule has 1 amide bonds. The fourth-order valence-electron chi connectivity index (χ4n) is 2.21. The van der Waals surface area contributed by atoms with Gasteiger partial charge in [0.05, 0.1) is 21.3 Å². The second-order valence-corrected chi connectivity index (χ2v) is 6.27. The summed E-state index contributed by atoms with van der Waals surface area (Å²) in [6.07, 6.45) is -0.894. The van der Waals surface area contributed by atoms with Gasteiger partial charge in [0, 0.05) is 5.69 Å². The van der Waals surface area contributed by atoms with Crippen LogP contribution in [0.5, 0.6) is 0 Å². The van der Waals surface area contributed by atoms with E-state index in [-0.39, 0.29) is 5.91 Å². The number of carbonyl (C=O) groups is 2. The largest absolute Gasteiger partial charge is 0.449 e. The number of carbonyl (C=O) groups excluding carboxylic acids is 2. The molecule has 1 aromatic heterocycles. The Labute approximate surface area is 143 Å². The van der Waals surface area contributed by atoms with Gasteiger partial charge in [-0.25, -0.2) is 9.78 Å². The molecule has 1 heterocycles. The Morgan fingerprint density at radius 3 is 2.79 bits per heavy atom. The molecule has 2 aromatic carbocycles. The number of aromatic nitrogens is 1. The minimum atomic E-state index is -0.894. The Hall–Kier alpha value is -2.73. The number of anilines is 1. The summed E-state index contributed by atoms with van der Waals surface area (Å²) in [5.41, 5.74) is 4.61. The molecule has 1 N–H and O–H groups in total. The van der Waals surface area contributed by atoms with Gasteiger partial charge in [0.15, 0.2) is 6.10 Å². The molecule has 5 nitrogen and oxygen atoms in total. The number of hydrogen-bond donors (Lipinski definition) is 1. The van der Waals surface area contributed by atoms with Gasteiger partial charge in [0.1, 0.15) is 0 Å². The molecule has 3 aromatic rings. The van der Waals surface area contributed by atoms with E-state index in [0.29, 0.717) is 11.3 Å². The lowest BCUT2D eigenvalue weighted by molar-refractivity contribution is -0.123. The maximum absolute atomic E-state index is 12.2. The highest BCUT2D eigenvalue weighted by Gasteiger charge is 2.19. The summed E-state index contributed by atoms with van der Waals surface area (Å²) >= 11 is 1.45. The van der Waals surface area contributed by atoms with Crippen molar-refractivity contribution in [1.29, 1.82) is 0 Å². The zero-order chi connectivity index (χ0) is 17.1. The van der Waals surface area contributed by atoms with E-state index in [1.165, 1.54) is 11.3 Å². The van der Waals surface area contributed by atoms with Crippen LogP contribution in [-0.4, -0.2) is 23.0 Å². The zero-order valence-corrected chi connectivity index (χ0v) is 14.1. The number of thiazole rings is 1. The summed E-state index contributed by atoms with van der Waals surface area (Å²) in [4.78, 5) is 28.6. The monoisotopic (exact) mass is 340 g/mol. The van der Waals surface area contributed by atoms with Gasteiger partial charge in [0.2, 0.25) is 0 Å². The van der Waals surface area contributed by atoms with E-state index in [4.69, 9.17) is 4.74 Å². The van der Waals surface area contributed by atoms with Crippen LogP contribution in [0.15, 0.2) is 48.0 Å². The van der Waals surface area contributed by atoms with Crippen LogP contribution in [0.1, 0.15) is 22.8 Å². The molecule has 0 spiro atoms. The van der Waals surface area contributed by atoms with Crippen molar-refractivity contribution in [3.05, 3.63) is 59.1 Å². The van der Waals surface area contributed by atoms with Gasteiger partial charge < -0.3 is 10.1 Å². The van der Waals surface area contributed by atoms with Gasteiger partial charge in [-0.2, -0.15) is 0 Å². The van der Waals surface area contributed by atoms with Gasteiger partial charge in [-0.3, -0.25) is 4.79 Å². The van der Waals surface area contributed by atoms with Crippen molar-refractivity contribution in [2.75, 3.05) is 5.32 Å². The molecule has 0 bridgehead atoms. The van der Waals surface area contributed by atoms with E-state index in [1.807, 2.05) is 25.1 Å². The molecule has 0 aliphatic carbocycles.